The fourth-order valence-electron chi connectivity index (χ4n) is 2.03. The Morgan fingerprint density at radius 1 is 1.37 bits per heavy atom. The van der Waals surface area contributed by atoms with Crippen molar-refractivity contribution in [3.63, 3.8) is 0 Å². The van der Waals surface area contributed by atoms with Crippen LogP contribution in [0, 0.1) is 0 Å². The number of hydrogen-bond acceptors (Lipinski definition) is 3. The summed E-state index contributed by atoms with van der Waals surface area (Å²) in [6, 6.07) is 9.56. The van der Waals surface area contributed by atoms with Gasteiger partial charge in [-0.25, -0.2) is 0 Å². The quantitative estimate of drug-likeness (QED) is 0.898. The lowest BCUT2D eigenvalue weighted by molar-refractivity contribution is 0.199. The second-order valence-corrected chi connectivity index (χ2v) is 4.88. The number of nitrogens with zero attached hydrogens (tertiary/aromatic N) is 1. The predicted molar refractivity (Wildman–Crippen MR) is 77.5 cm³/mol. The van der Waals surface area contributed by atoms with Gasteiger partial charge in [0.25, 0.3) is 0 Å². The monoisotopic (exact) mass is 279 g/mol. The van der Waals surface area contributed by atoms with E-state index in [9.17, 15) is 5.11 Å². The second-order valence-electron chi connectivity index (χ2n) is 4.48. The number of aliphatic hydroxyl groups is 1. The van der Waals surface area contributed by atoms with Crippen molar-refractivity contribution >= 4 is 17.3 Å². The predicted octanol–water partition coefficient (Wildman–Crippen LogP) is 4.01. The van der Waals surface area contributed by atoms with Gasteiger partial charge in [0.05, 0.1) is 18.9 Å². The van der Waals surface area contributed by atoms with E-state index in [0.717, 1.165) is 23.6 Å². The molecule has 3 nitrogen and oxygen atoms in total. The third kappa shape index (κ3) is 3.31. The lowest BCUT2D eigenvalue weighted by Gasteiger charge is -2.23. The van der Waals surface area contributed by atoms with E-state index in [0.29, 0.717) is 11.6 Å². The van der Waals surface area contributed by atoms with Crippen LogP contribution in [0.1, 0.15) is 31.3 Å². The van der Waals surface area contributed by atoms with Crippen LogP contribution in [-0.2, 0) is 6.54 Å². The zero-order valence-corrected chi connectivity index (χ0v) is 11.9. The van der Waals surface area contributed by atoms with Gasteiger partial charge in [0.2, 0.25) is 0 Å². The molecule has 0 bridgehead atoms. The van der Waals surface area contributed by atoms with E-state index in [-0.39, 0.29) is 0 Å². The molecule has 0 aliphatic heterocycles. The van der Waals surface area contributed by atoms with Crippen molar-refractivity contribution in [2.24, 2.45) is 0 Å². The second kappa shape index (κ2) is 6.13. The van der Waals surface area contributed by atoms with E-state index in [4.69, 9.17) is 16.0 Å². The van der Waals surface area contributed by atoms with Crippen molar-refractivity contribution in [1.29, 1.82) is 0 Å². The third-order valence-electron chi connectivity index (χ3n) is 3.11. The maximum Gasteiger partial charge on any atom is 0.123 e. The van der Waals surface area contributed by atoms with Gasteiger partial charge in [0.1, 0.15) is 5.76 Å². The lowest BCUT2D eigenvalue weighted by Crippen LogP contribution is -2.21. The van der Waals surface area contributed by atoms with Gasteiger partial charge in [-0.2, -0.15) is 0 Å². The molecule has 0 spiro atoms. The third-order valence-corrected chi connectivity index (χ3v) is 3.44. The van der Waals surface area contributed by atoms with E-state index in [1.807, 2.05) is 30.3 Å². The number of furan rings is 1. The van der Waals surface area contributed by atoms with E-state index in [1.54, 1.807) is 13.2 Å². The molecule has 2 aromatic rings. The molecule has 1 heterocycles. The van der Waals surface area contributed by atoms with Crippen molar-refractivity contribution in [1.82, 2.24) is 0 Å². The minimum absolute atomic E-state index is 0.554. The van der Waals surface area contributed by atoms with Gasteiger partial charge in [-0.3, -0.25) is 0 Å². The van der Waals surface area contributed by atoms with Crippen LogP contribution < -0.4 is 4.90 Å². The Labute approximate surface area is 118 Å². The highest BCUT2D eigenvalue weighted by molar-refractivity contribution is 6.31. The zero-order chi connectivity index (χ0) is 13.8. The van der Waals surface area contributed by atoms with E-state index in [1.165, 1.54) is 0 Å². The van der Waals surface area contributed by atoms with Crippen LogP contribution in [0.5, 0.6) is 0 Å². The molecule has 1 aromatic heterocycles. The number of rotatable bonds is 5. The molecule has 1 N–H and O–H groups in total. The molecule has 1 atom stereocenters. The number of anilines is 1. The molecule has 0 saturated heterocycles. The highest BCUT2D eigenvalue weighted by Crippen LogP contribution is 2.28. The van der Waals surface area contributed by atoms with Crippen molar-refractivity contribution < 1.29 is 9.52 Å². The Morgan fingerprint density at radius 3 is 2.68 bits per heavy atom. The molecule has 2 rings (SSSR count). The summed E-state index contributed by atoms with van der Waals surface area (Å²) >= 11 is 6.20. The number of halogens is 1. The maximum absolute atomic E-state index is 9.59. The SMILES string of the molecule is CCN(Cc1ccco1)c1ccc(C(C)O)c(Cl)c1. The summed E-state index contributed by atoms with van der Waals surface area (Å²) in [5.74, 6) is 0.914. The molecule has 0 fully saturated rings. The molecule has 1 aromatic carbocycles. The summed E-state index contributed by atoms with van der Waals surface area (Å²) in [5.41, 5.74) is 1.77. The molecule has 1 unspecified atom stereocenters. The number of benzene rings is 1. The Morgan fingerprint density at radius 2 is 2.16 bits per heavy atom. The highest BCUT2D eigenvalue weighted by atomic mass is 35.5. The molecule has 0 saturated carbocycles. The zero-order valence-electron chi connectivity index (χ0n) is 11.1. The Hall–Kier alpha value is -1.45. The maximum atomic E-state index is 9.59. The first kappa shape index (κ1) is 14.0. The fraction of sp³-hybridized carbons (Fsp3) is 0.333. The topological polar surface area (TPSA) is 36.6 Å². The Kier molecular flexibility index (Phi) is 4.51. The first-order valence-corrected chi connectivity index (χ1v) is 6.74. The summed E-state index contributed by atoms with van der Waals surface area (Å²) in [4.78, 5) is 2.16. The Balaban J connectivity index is 2.21. The first-order chi connectivity index (χ1) is 9.11. The van der Waals surface area contributed by atoms with Crippen LogP contribution in [0.2, 0.25) is 5.02 Å². The van der Waals surface area contributed by atoms with Crippen LogP contribution in [0.25, 0.3) is 0 Å². The average Bonchev–Trinajstić information content (AvgIpc) is 2.88. The molecular formula is C15H18ClNO2. The highest BCUT2D eigenvalue weighted by Gasteiger charge is 2.11. The van der Waals surface area contributed by atoms with Crippen LogP contribution in [0.15, 0.2) is 41.0 Å². The van der Waals surface area contributed by atoms with Gasteiger partial charge >= 0.3 is 0 Å². The van der Waals surface area contributed by atoms with Crippen molar-refractivity contribution in [3.05, 3.63) is 52.9 Å². The normalized spacial score (nSPS) is 12.4. The van der Waals surface area contributed by atoms with E-state index in [2.05, 4.69) is 11.8 Å². The molecule has 19 heavy (non-hydrogen) atoms. The molecular weight excluding hydrogens is 262 g/mol. The molecule has 0 amide bonds. The number of aliphatic hydroxyl groups excluding tert-OH is 1. The van der Waals surface area contributed by atoms with Gasteiger partial charge in [0.15, 0.2) is 0 Å². The summed E-state index contributed by atoms with van der Waals surface area (Å²) in [5, 5.41) is 10.2. The Bertz CT molecular complexity index is 523. The minimum atomic E-state index is -0.554. The van der Waals surface area contributed by atoms with Crippen molar-refractivity contribution in [2.45, 2.75) is 26.5 Å². The summed E-state index contributed by atoms with van der Waals surface area (Å²) in [6.07, 6.45) is 1.12. The van der Waals surface area contributed by atoms with Gasteiger partial charge in [0, 0.05) is 17.3 Å². The molecule has 0 aliphatic carbocycles. The molecule has 0 aliphatic rings. The summed E-state index contributed by atoms with van der Waals surface area (Å²) in [6.45, 7) is 5.35. The van der Waals surface area contributed by atoms with Gasteiger partial charge in [-0.15, -0.1) is 0 Å². The lowest BCUT2D eigenvalue weighted by atomic mass is 10.1. The van der Waals surface area contributed by atoms with Gasteiger partial charge in [-0.05, 0) is 43.7 Å². The van der Waals surface area contributed by atoms with Crippen LogP contribution in [0.4, 0.5) is 5.69 Å². The van der Waals surface area contributed by atoms with Crippen LogP contribution in [-0.4, -0.2) is 11.7 Å². The summed E-state index contributed by atoms with van der Waals surface area (Å²) in [7, 11) is 0. The average molecular weight is 280 g/mol. The number of hydrogen-bond donors (Lipinski definition) is 1. The van der Waals surface area contributed by atoms with E-state index < -0.39 is 6.10 Å². The van der Waals surface area contributed by atoms with E-state index >= 15 is 0 Å². The van der Waals surface area contributed by atoms with Crippen molar-refractivity contribution in [2.75, 3.05) is 11.4 Å². The fourth-order valence-corrected chi connectivity index (χ4v) is 2.36. The van der Waals surface area contributed by atoms with Crippen LogP contribution in [0.3, 0.4) is 0 Å². The van der Waals surface area contributed by atoms with Gasteiger partial charge < -0.3 is 14.4 Å². The first-order valence-electron chi connectivity index (χ1n) is 6.36. The smallest absolute Gasteiger partial charge is 0.123 e. The molecule has 0 radical (unpaired) electrons. The molecule has 102 valence electrons. The minimum Gasteiger partial charge on any atom is -0.467 e. The van der Waals surface area contributed by atoms with Crippen LogP contribution >= 0.6 is 11.6 Å². The largest absolute Gasteiger partial charge is 0.467 e. The van der Waals surface area contributed by atoms with Gasteiger partial charge in [-0.1, -0.05) is 17.7 Å². The molecule has 4 heteroatoms. The standard InChI is InChI=1S/C15H18ClNO2/c1-3-17(10-13-5-4-8-19-13)12-6-7-14(11(2)18)15(16)9-12/h4-9,11,18H,3,10H2,1-2H3. The van der Waals surface area contributed by atoms with Crippen molar-refractivity contribution in [3.8, 4) is 0 Å². The summed E-state index contributed by atoms with van der Waals surface area (Å²) < 4.78 is 5.36.